The van der Waals surface area contributed by atoms with Gasteiger partial charge >= 0.3 is 5.97 Å². The van der Waals surface area contributed by atoms with Crippen molar-refractivity contribution in [2.24, 2.45) is 0 Å². The van der Waals surface area contributed by atoms with E-state index in [1.807, 2.05) is 0 Å². The van der Waals surface area contributed by atoms with Gasteiger partial charge in [-0.2, -0.15) is 0 Å². The van der Waals surface area contributed by atoms with Gasteiger partial charge in [-0.05, 0) is 6.92 Å². The monoisotopic (exact) mass is 208 g/mol. The molecule has 0 saturated heterocycles. The highest BCUT2D eigenvalue weighted by molar-refractivity contribution is 5.78. The Bertz CT molecular complexity index is 418. The van der Waals surface area contributed by atoms with E-state index in [2.05, 4.69) is 4.98 Å². The number of esters is 1. The Morgan fingerprint density at radius 3 is 2.60 bits per heavy atom. The highest BCUT2D eigenvalue weighted by atomic mass is 16.5. The summed E-state index contributed by atoms with van der Waals surface area (Å²) in [5.41, 5.74) is 0. The van der Waals surface area contributed by atoms with E-state index in [0.29, 0.717) is 11.6 Å². The van der Waals surface area contributed by atoms with E-state index in [4.69, 9.17) is 4.74 Å². The van der Waals surface area contributed by atoms with Crippen LogP contribution >= 0.6 is 0 Å². The lowest BCUT2D eigenvalue weighted by Crippen LogP contribution is -2.07. The number of carbonyl (C=O) groups is 2. The Hall–Kier alpha value is -1.91. The van der Waals surface area contributed by atoms with Gasteiger partial charge in [-0.3, -0.25) is 14.2 Å². The summed E-state index contributed by atoms with van der Waals surface area (Å²) < 4.78 is 6.18. The fourth-order valence-corrected chi connectivity index (χ4v) is 1.13. The number of imidazole rings is 1. The fourth-order valence-electron chi connectivity index (χ4n) is 1.13. The van der Waals surface area contributed by atoms with Gasteiger partial charge in [-0.15, -0.1) is 0 Å². The summed E-state index contributed by atoms with van der Waals surface area (Å²) in [5.74, 6) is 0.302. The van der Waals surface area contributed by atoms with Crippen molar-refractivity contribution in [3.8, 4) is 0 Å². The fraction of sp³-hybridized carbons (Fsp3) is 0.300. The number of hydrogen-bond donors (Lipinski definition) is 0. The SMILES string of the molecule is CC(=O)OC(C)=Cc1nccn1C(C)=O. The number of ether oxygens (including phenoxy) is 1. The van der Waals surface area contributed by atoms with Crippen LogP contribution in [0, 0.1) is 0 Å². The topological polar surface area (TPSA) is 61.2 Å². The molecule has 5 heteroatoms. The molecule has 0 atom stereocenters. The largest absolute Gasteiger partial charge is 0.431 e. The average Bonchev–Trinajstić information content (AvgIpc) is 2.50. The Morgan fingerprint density at radius 1 is 1.40 bits per heavy atom. The maximum absolute atomic E-state index is 11.1. The smallest absolute Gasteiger partial charge is 0.307 e. The van der Waals surface area contributed by atoms with Crippen molar-refractivity contribution in [2.75, 3.05) is 0 Å². The number of rotatable bonds is 2. The summed E-state index contributed by atoms with van der Waals surface area (Å²) in [4.78, 5) is 25.7. The molecule has 0 aliphatic rings. The summed E-state index contributed by atoms with van der Waals surface area (Å²) in [7, 11) is 0. The van der Waals surface area contributed by atoms with Crippen LogP contribution in [0.2, 0.25) is 0 Å². The van der Waals surface area contributed by atoms with Crippen LogP contribution in [0.5, 0.6) is 0 Å². The number of carbonyl (C=O) groups excluding carboxylic acids is 2. The van der Waals surface area contributed by atoms with E-state index in [1.165, 1.54) is 30.7 Å². The molecule has 1 heterocycles. The minimum absolute atomic E-state index is 0.144. The van der Waals surface area contributed by atoms with Crippen LogP contribution in [-0.2, 0) is 9.53 Å². The first kappa shape index (κ1) is 11.2. The van der Waals surface area contributed by atoms with Crippen LogP contribution in [0.1, 0.15) is 31.4 Å². The Labute approximate surface area is 87.4 Å². The molecule has 0 unspecified atom stereocenters. The highest BCUT2D eigenvalue weighted by Gasteiger charge is 2.05. The molecule has 5 nitrogen and oxygen atoms in total. The second-order valence-corrected chi connectivity index (χ2v) is 3.02. The van der Waals surface area contributed by atoms with Gasteiger partial charge in [0.25, 0.3) is 0 Å². The molecule has 1 rings (SSSR count). The second kappa shape index (κ2) is 4.54. The highest BCUT2D eigenvalue weighted by Crippen LogP contribution is 2.06. The van der Waals surface area contributed by atoms with E-state index in [1.54, 1.807) is 13.1 Å². The van der Waals surface area contributed by atoms with Gasteiger partial charge in [0.05, 0.1) is 0 Å². The summed E-state index contributed by atoms with van der Waals surface area (Å²) in [5, 5.41) is 0. The van der Waals surface area contributed by atoms with Crippen molar-refractivity contribution in [1.82, 2.24) is 9.55 Å². The minimum Gasteiger partial charge on any atom is -0.431 e. The molecule has 0 radical (unpaired) electrons. The first-order valence-electron chi connectivity index (χ1n) is 4.41. The van der Waals surface area contributed by atoms with E-state index in [0.717, 1.165) is 0 Å². The lowest BCUT2D eigenvalue weighted by Gasteiger charge is -2.01. The summed E-state index contributed by atoms with van der Waals surface area (Å²) in [6, 6.07) is 0. The zero-order valence-corrected chi connectivity index (χ0v) is 8.85. The molecule has 0 aromatic carbocycles. The third kappa shape index (κ3) is 3.05. The van der Waals surface area contributed by atoms with Crippen molar-refractivity contribution in [3.05, 3.63) is 24.0 Å². The molecule has 0 bridgehead atoms. The molecule has 0 N–H and O–H groups in total. The molecular formula is C10H12N2O3. The first-order chi connectivity index (χ1) is 7.00. The predicted molar refractivity (Wildman–Crippen MR) is 53.9 cm³/mol. The standard InChI is InChI=1S/C10H12N2O3/c1-7(15-9(3)14)6-10-11-4-5-12(10)8(2)13/h4-6H,1-3H3. The van der Waals surface area contributed by atoms with E-state index < -0.39 is 5.97 Å². The zero-order chi connectivity index (χ0) is 11.4. The van der Waals surface area contributed by atoms with E-state index in [9.17, 15) is 9.59 Å². The zero-order valence-electron chi connectivity index (χ0n) is 8.85. The molecule has 15 heavy (non-hydrogen) atoms. The van der Waals surface area contributed by atoms with E-state index >= 15 is 0 Å². The number of aromatic nitrogens is 2. The lowest BCUT2D eigenvalue weighted by atomic mass is 10.4. The van der Waals surface area contributed by atoms with Gasteiger partial charge in [0, 0.05) is 32.3 Å². The number of nitrogens with zero attached hydrogens (tertiary/aromatic N) is 2. The summed E-state index contributed by atoms with van der Waals surface area (Å²) >= 11 is 0. The maximum atomic E-state index is 11.1. The van der Waals surface area contributed by atoms with Gasteiger partial charge in [0.15, 0.2) is 0 Å². The van der Waals surface area contributed by atoms with Gasteiger partial charge in [0.2, 0.25) is 5.91 Å². The van der Waals surface area contributed by atoms with Crippen molar-refractivity contribution >= 4 is 18.0 Å². The lowest BCUT2D eigenvalue weighted by molar-refractivity contribution is -0.136. The van der Waals surface area contributed by atoms with Crippen LogP contribution < -0.4 is 0 Å². The molecule has 1 aromatic rings. The molecule has 0 saturated carbocycles. The van der Waals surface area contributed by atoms with Crippen molar-refractivity contribution < 1.29 is 14.3 Å². The Morgan fingerprint density at radius 2 is 2.07 bits per heavy atom. The molecule has 0 fully saturated rings. The molecule has 80 valence electrons. The van der Waals surface area contributed by atoms with Gasteiger partial charge < -0.3 is 4.74 Å². The minimum atomic E-state index is -0.398. The summed E-state index contributed by atoms with van der Waals surface area (Å²) in [6.07, 6.45) is 4.59. The number of hydrogen-bond acceptors (Lipinski definition) is 4. The predicted octanol–water partition coefficient (Wildman–Crippen LogP) is 1.47. The van der Waals surface area contributed by atoms with Crippen molar-refractivity contribution in [2.45, 2.75) is 20.8 Å². The third-order valence-electron chi connectivity index (χ3n) is 1.65. The van der Waals surface area contributed by atoms with Gasteiger partial charge in [-0.25, -0.2) is 4.98 Å². The maximum Gasteiger partial charge on any atom is 0.307 e. The van der Waals surface area contributed by atoms with Crippen LogP contribution in [0.25, 0.3) is 6.08 Å². The number of allylic oxidation sites excluding steroid dienone is 1. The van der Waals surface area contributed by atoms with Crippen LogP contribution in [0.15, 0.2) is 18.2 Å². The van der Waals surface area contributed by atoms with Crippen molar-refractivity contribution in [3.63, 3.8) is 0 Å². The first-order valence-corrected chi connectivity index (χ1v) is 4.41. The molecule has 1 aromatic heterocycles. The van der Waals surface area contributed by atoms with E-state index in [-0.39, 0.29) is 5.91 Å². The van der Waals surface area contributed by atoms with Crippen LogP contribution in [0.4, 0.5) is 0 Å². The van der Waals surface area contributed by atoms with Crippen LogP contribution in [0.3, 0.4) is 0 Å². The molecule has 0 amide bonds. The molecular weight excluding hydrogens is 196 g/mol. The molecule has 0 spiro atoms. The average molecular weight is 208 g/mol. The molecule has 0 aliphatic carbocycles. The quantitative estimate of drug-likeness (QED) is 0.545. The molecule has 0 aliphatic heterocycles. The Kier molecular flexibility index (Phi) is 3.38. The summed E-state index contributed by atoms with van der Waals surface area (Å²) in [6.45, 7) is 4.37. The Balaban J connectivity index is 2.92. The third-order valence-corrected chi connectivity index (χ3v) is 1.65. The second-order valence-electron chi connectivity index (χ2n) is 3.02. The van der Waals surface area contributed by atoms with Crippen molar-refractivity contribution in [1.29, 1.82) is 0 Å². The van der Waals surface area contributed by atoms with Gasteiger partial charge in [-0.1, -0.05) is 0 Å². The van der Waals surface area contributed by atoms with Crippen LogP contribution in [-0.4, -0.2) is 21.4 Å². The normalized spacial score (nSPS) is 11.3. The van der Waals surface area contributed by atoms with Gasteiger partial charge in [0.1, 0.15) is 11.6 Å².